The lowest BCUT2D eigenvalue weighted by Gasteiger charge is -2.28. The molecule has 4 nitrogen and oxygen atoms in total. The zero-order valence-electron chi connectivity index (χ0n) is 13.2. The van der Waals surface area contributed by atoms with E-state index in [2.05, 4.69) is 18.8 Å². The Hall–Kier alpha value is -1.42. The van der Waals surface area contributed by atoms with Crippen LogP contribution in [0.1, 0.15) is 57.6 Å². The van der Waals surface area contributed by atoms with Gasteiger partial charge in [0.15, 0.2) is 0 Å². The zero-order valence-corrected chi connectivity index (χ0v) is 13.2. The maximum Gasteiger partial charge on any atom is 0.223 e. The number of carbonyl (C=O) groups is 1. The second kappa shape index (κ2) is 7.03. The fourth-order valence-corrected chi connectivity index (χ4v) is 3.10. The summed E-state index contributed by atoms with van der Waals surface area (Å²) in [5.41, 5.74) is 6.99. The SMILES string of the molecule is CC(C)(CCN)CCC(=O)N1CCCC1c1ccncc1. The molecule has 2 heterocycles. The van der Waals surface area contributed by atoms with Crippen LogP contribution in [-0.4, -0.2) is 28.9 Å². The second-order valence-corrected chi connectivity index (χ2v) is 6.73. The van der Waals surface area contributed by atoms with Crippen molar-refractivity contribution in [2.24, 2.45) is 11.1 Å². The van der Waals surface area contributed by atoms with Crippen LogP contribution in [0.2, 0.25) is 0 Å². The summed E-state index contributed by atoms with van der Waals surface area (Å²) in [5, 5.41) is 0. The van der Waals surface area contributed by atoms with Gasteiger partial charge in [0.25, 0.3) is 0 Å². The molecule has 1 unspecified atom stereocenters. The fourth-order valence-electron chi connectivity index (χ4n) is 3.10. The third-order valence-corrected chi connectivity index (χ3v) is 4.50. The van der Waals surface area contributed by atoms with E-state index in [1.807, 2.05) is 17.0 Å². The van der Waals surface area contributed by atoms with E-state index in [1.165, 1.54) is 5.56 Å². The molecule has 0 radical (unpaired) electrons. The van der Waals surface area contributed by atoms with E-state index in [9.17, 15) is 4.79 Å². The Bertz CT molecular complexity index is 458. The first-order chi connectivity index (χ1) is 10.0. The number of pyridine rings is 1. The number of carbonyl (C=O) groups excluding carboxylic acids is 1. The van der Waals surface area contributed by atoms with Gasteiger partial charge in [0.05, 0.1) is 6.04 Å². The first-order valence-electron chi connectivity index (χ1n) is 7.93. The molecule has 2 rings (SSSR count). The predicted molar refractivity (Wildman–Crippen MR) is 84.6 cm³/mol. The van der Waals surface area contributed by atoms with Gasteiger partial charge in [-0.25, -0.2) is 0 Å². The first-order valence-corrected chi connectivity index (χ1v) is 7.93. The lowest BCUT2D eigenvalue weighted by atomic mass is 9.84. The standard InChI is InChI=1S/C17H27N3O/c1-17(2,9-10-18)8-5-16(21)20-13-3-4-15(20)14-6-11-19-12-7-14/h6-7,11-12,15H,3-5,8-10,13,18H2,1-2H3. The Morgan fingerprint density at radius 1 is 1.38 bits per heavy atom. The molecule has 2 N–H and O–H groups in total. The lowest BCUT2D eigenvalue weighted by Crippen LogP contribution is -2.31. The van der Waals surface area contributed by atoms with Gasteiger partial charge >= 0.3 is 0 Å². The average molecular weight is 289 g/mol. The molecular weight excluding hydrogens is 262 g/mol. The third-order valence-electron chi connectivity index (χ3n) is 4.50. The molecule has 1 aromatic heterocycles. The molecule has 0 aliphatic carbocycles. The second-order valence-electron chi connectivity index (χ2n) is 6.73. The van der Waals surface area contributed by atoms with Crippen molar-refractivity contribution < 1.29 is 4.79 Å². The predicted octanol–water partition coefficient (Wildman–Crippen LogP) is 2.90. The number of amides is 1. The van der Waals surface area contributed by atoms with Gasteiger partial charge in [-0.15, -0.1) is 0 Å². The van der Waals surface area contributed by atoms with Gasteiger partial charge in [0, 0.05) is 25.4 Å². The van der Waals surface area contributed by atoms with Crippen LogP contribution in [0.5, 0.6) is 0 Å². The highest BCUT2D eigenvalue weighted by Crippen LogP contribution is 2.33. The summed E-state index contributed by atoms with van der Waals surface area (Å²) >= 11 is 0. The van der Waals surface area contributed by atoms with Crippen molar-refractivity contribution in [1.82, 2.24) is 9.88 Å². The van der Waals surface area contributed by atoms with E-state index in [4.69, 9.17) is 5.73 Å². The molecule has 1 fully saturated rings. The molecule has 1 aliphatic heterocycles. The zero-order chi connectivity index (χ0) is 15.3. The summed E-state index contributed by atoms with van der Waals surface area (Å²) in [7, 11) is 0. The molecule has 1 aromatic rings. The highest BCUT2D eigenvalue weighted by Gasteiger charge is 2.30. The quantitative estimate of drug-likeness (QED) is 0.876. The summed E-state index contributed by atoms with van der Waals surface area (Å²) < 4.78 is 0. The summed E-state index contributed by atoms with van der Waals surface area (Å²) in [6, 6.07) is 4.28. The summed E-state index contributed by atoms with van der Waals surface area (Å²) in [4.78, 5) is 18.7. The minimum absolute atomic E-state index is 0.149. The van der Waals surface area contributed by atoms with Gasteiger partial charge in [-0.3, -0.25) is 9.78 Å². The van der Waals surface area contributed by atoms with Crippen LogP contribution in [0.3, 0.4) is 0 Å². The van der Waals surface area contributed by atoms with E-state index >= 15 is 0 Å². The topological polar surface area (TPSA) is 59.2 Å². The summed E-state index contributed by atoms with van der Waals surface area (Å²) in [5.74, 6) is 0.277. The number of nitrogens with two attached hydrogens (primary N) is 1. The van der Waals surface area contributed by atoms with Crippen molar-refractivity contribution in [3.63, 3.8) is 0 Å². The van der Waals surface area contributed by atoms with Crippen molar-refractivity contribution in [2.75, 3.05) is 13.1 Å². The van der Waals surface area contributed by atoms with E-state index in [1.54, 1.807) is 12.4 Å². The van der Waals surface area contributed by atoms with Gasteiger partial charge in [-0.2, -0.15) is 0 Å². The Balaban J connectivity index is 1.95. The van der Waals surface area contributed by atoms with Crippen LogP contribution in [-0.2, 0) is 4.79 Å². The number of likely N-dealkylation sites (tertiary alicyclic amines) is 1. The Morgan fingerprint density at radius 2 is 2.10 bits per heavy atom. The smallest absolute Gasteiger partial charge is 0.223 e. The Kier molecular flexibility index (Phi) is 5.34. The summed E-state index contributed by atoms with van der Waals surface area (Å²) in [6.07, 6.45) is 8.25. The van der Waals surface area contributed by atoms with Gasteiger partial charge in [-0.1, -0.05) is 13.8 Å². The van der Waals surface area contributed by atoms with Gasteiger partial charge in [0.1, 0.15) is 0 Å². The number of hydrogen-bond acceptors (Lipinski definition) is 3. The fraction of sp³-hybridized carbons (Fsp3) is 0.647. The van der Waals surface area contributed by atoms with Gasteiger partial charge in [-0.05, 0) is 55.3 Å². The Labute approximate surface area is 127 Å². The van der Waals surface area contributed by atoms with Crippen LogP contribution in [0, 0.1) is 5.41 Å². The molecule has 0 spiro atoms. The molecule has 1 amide bonds. The van der Waals surface area contributed by atoms with E-state index in [0.717, 1.165) is 32.2 Å². The highest BCUT2D eigenvalue weighted by atomic mass is 16.2. The largest absolute Gasteiger partial charge is 0.336 e. The van der Waals surface area contributed by atoms with Crippen molar-refractivity contribution in [1.29, 1.82) is 0 Å². The maximum atomic E-state index is 12.6. The number of rotatable bonds is 6. The normalized spacial score (nSPS) is 19.0. The molecule has 0 aromatic carbocycles. The molecule has 116 valence electrons. The van der Waals surface area contributed by atoms with Crippen molar-refractivity contribution >= 4 is 5.91 Å². The maximum absolute atomic E-state index is 12.6. The molecule has 1 saturated heterocycles. The van der Waals surface area contributed by atoms with Crippen molar-refractivity contribution in [2.45, 2.75) is 52.0 Å². The van der Waals surface area contributed by atoms with Crippen LogP contribution in [0.15, 0.2) is 24.5 Å². The van der Waals surface area contributed by atoms with Crippen LogP contribution < -0.4 is 5.73 Å². The van der Waals surface area contributed by atoms with E-state index in [-0.39, 0.29) is 17.4 Å². The van der Waals surface area contributed by atoms with Crippen LogP contribution in [0.4, 0.5) is 0 Å². The van der Waals surface area contributed by atoms with Crippen LogP contribution in [0.25, 0.3) is 0 Å². The minimum Gasteiger partial charge on any atom is -0.336 e. The minimum atomic E-state index is 0.149. The Morgan fingerprint density at radius 3 is 2.76 bits per heavy atom. The van der Waals surface area contributed by atoms with Crippen molar-refractivity contribution in [3.05, 3.63) is 30.1 Å². The van der Waals surface area contributed by atoms with Gasteiger partial charge in [0.2, 0.25) is 5.91 Å². The summed E-state index contributed by atoms with van der Waals surface area (Å²) in [6.45, 7) is 5.95. The monoisotopic (exact) mass is 289 g/mol. The molecular formula is C17H27N3O. The molecule has 21 heavy (non-hydrogen) atoms. The number of hydrogen-bond donors (Lipinski definition) is 1. The van der Waals surface area contributed by atoms with E-state index in [0.29, 0.717) is 13.0 Å². The van der Waals surface area contributed by atoms with Crippen molar-refractivity contribution in [3.8, 4) is 0 Å². The number of nitrogens with zero attached hydrogens (tertiary/aromatic N) is 2. The molecule has 0 saturated carbocycles. The molecule has 4 heteroatoms. The molecule has 0 bridgehead atoms. The van der Waals surface area contributed by atoms with Crippen LogP contribution >= 0.6 is 0 Å². The number of aromatic nitrogens is 1. The average Bonchev–Trinajstić information content (AvgIpc) is 2.95. The van der Waals surface area contributed by atoms with E-state index < -0.39 is 0 Å². The highest BCUT2D eigenvalue weighted by molar-refractivity contribution is 5.77. The molecule has 1 atom stereocenters. The third kappa shape index (κ3) is 4.27. The first kappa shape index (κ1) is 16.0. The van der Waals surface area contributed by atoms with Gasteiger partial charge < -0.3 is 10.6 Å². The molecule has 1 aliphatic rings. The lowest BCUT2D eigenvalue weighted by molar-refractivity contribution is -0.132.